The molecule has 3 aromatic rings. The van der Waals surface area contributed by atoms with E-state index in [0.717, 1.165) is 0 Å². The highest BCUT2D eigenvalue weighted by molar-refractivity contribution is 7.93. The summed E-state index contributed by atoms with van der Waals surface area (Å²) in [6, 6.07) is 18.5. The lowest BCUT2D eigenvalue weighted by molar-refractivity contribution is 0.100. The number of amides is 1. The van der Waals surface area contributed by atoms with Gasteiger partial charge in [0.2, 0.25) is 5.88 Å². The van der Waals surface area contributed by atoms with Gasteiger partial charge in [0.25, 0.3) is 5.91 Å². The Hall–Kier alpha value is -2.70. The van der Waals surface area contributed by atoms with Crippen molar-refractivity contribution in [1.82, 2.24) is 4.98 Å². The molecule has 0 spiro atoms. The molecule has 0 aliphatic rings. The second-order valence-corrected chi connectivity index (χ2v) is 8.12. The molecule has 5 nitrogen and oxygen atoms in total. The maximum Gasteiger partial charge on any atom is 0.290 e. The number of hydrogen-bond acceptors (Lipinski definition) is 4. The molecule has 7 heteroatoms. The number of benzene rings is 2. The molecule has 1 aromatic heterocycles. The lowest BCUT2D eigenvalue weighted by Gasteiger charge is -2.08. The third-order valence-corrected chi connectivity index (χ3v) is 5.38. The second-order valence-electron chi connectivity index (χ2n) is 5.42. The van der Waals surface area contributed by atoms with Crippen LogP contribution in [0.2, 0.25) is 5.02 Å². The molecule has 26 heavy (non-hydrogen) atoms. The van der Waals surface area contributed by atoms with E-state index >= 15 is 0 Å². The lowest BCUT2D eigenvalue weighted by Crippen LogP contribution is -2.06. The molecule has 1 amide bonds. The van der Waals surface area contributed by atoms with E-state index in [9.17, 15) is 9.00 Å². The highest BCUT2D eigenvalue weighted by atomic mass is 35.5. The van der Waals surface area contributed by atoms with Gasteiger partial charge in [0.15, 0.2) is 0 Å². The summed E-state index contributed by atoms with van der Waals surface area (Å²) in [7, 11) is -2.93. The van der Waals surface area contributed by atoms with Crippen molar-refractivity contribution in [2.24, 2.45) is 4.36 Å². The third-order valence-electron chi connectivity index (χ3n) is 3.47. The minimum absolute atomic E-state index is 0.110. The summed E-state index contributed by atoms with van der Waals surface area (Å²) < 4.78 is 22.4. The molecule has 1 heterocycles. The van der Waals surface area contributed by atoms with Gasteiger partial charge in [-0.3, -0.25) is 4.79 Å². The fourth-order valence-corrected chi connectivity index (χ4v) is 3.47. The predicted molar refractivity (Wildman–Crippen MR) is 101 cm³/mol. The minimum atomic E-state index is -2.93. The average Bonchev–Trinajstić information content (AvgIpc) is 2.63. The van der Waals surface area contributed by atoms with Gasteiger partial charge >= 0.3 is 0 Å². The van der Waals surface area contributed by atoms with Crippen LogP contribution in [0, 0.1) is 0 Å². The van der Waals surface area contributed by atoms with Gasteiger partial charge < -0.3 is 4.74 Å². The third kappa shape index (κ3) is 4.28. The minimum Gasteiger partial charge on any atom is -0.438 e. The van der Waals surface area contributed by atoms with E-state index in [1.165, 1.54) is 18.5 Å². The summed E-state index contributed by atoms with van der Waals surface area (Å²) in [5, 5.41) is 0.515. The largest absolute Gasteiger partial charge is 0.438 e. The highest BCUT2D eigenvalue weighted by Gasteiger charge is 2.17. The number of pyridine rings is 1. The number of aromatic nitrogens is 1. The zero-order valence-electron chi connectivity index (χ0n) is 13.8. The van der Waals surface area contributed by atoms with Crippen molar-refractivity contribution in [2.45, 2.75) is 4.90 Å². The molecule has 0 N–H and O–H groups in total. The monoisotopic (exact) mass is 386 g/mol. The number of carbonyl (C=O) groups is 1. The number of rotatable bonds is 4. The van der Waals surface area contributed by atoms with Crippen molar-refractivity contribution in [3.8, 4) is 11.6 Å². The summed E-state index contributed by atoms with van der Waals surface area (Å²) in [6.45, 7) is 0. The molecule has 0 saturated heterocycles. The van der Waals surface area contributed by atoms with Crippen LogP contribution in [0.1, 0.15) is 10.4 Å². The van der Waals surface area contributed by atoms with Crippen LogP contribution >= 0.6 is 11.6 Å². The fraction of sp³-hybridized carbons (Fsp3) is 0.0526. The number of para-hydroxylation sites is 1. The lowest BCUT2D eigenvalue weighted by atomic mass is 10.2. The number of halogens is 1. The van der Waals surface area contributed by atoms with E-state index < -0.39 is 15.6 Å². The molecule has 132 valence electrons. The van der Waals surface area contributed by atoms with Crippen molar-refractivity contribution in [1.29, 1.82) is 0 Å². The smallest absolute Gasteiger partial charge is 0.290 e. The number of nitrogens with zero attached hydrogens (tertiary/aromatic N) is 2. The molecular weight excluding hydrogens is 372 g/mol. The van der Waals surface area contributed by atoms with Crippen molar-refractivity contribution in [3.63, 3.8) is 0 Å². The van der Waals surface area contributed by atoms with Gasteiger partial charge in [0.1, 0.15) is 11.3 Å². The van der Waals surface area contributed by atoms with Crippen LogP contribution in [-0.2, 0) is 9.73 Å². The number of hydrogen-bond donors (Lipinski definition) is 0. The van der Waals surface area contributed by atoms with Gasteiger partial charge in [-0.05, 0) is 48.5 Å². The van der Waals surface area contributed by atoms with Gasteiger partial charge in [0, 0.05) is 22.4 Å². The van der Waals surface area contributed by atoms with Gasteiger partial charge in [-0.15, -0.1) is 0 Å². The van der Waals surface area contributed by atoms with Crippen LogP contribution in [0.3, 0.4) is 0 Å². The molecule has 0 saturated carbocycles. The summed E-state index contributed by atoms with van der Waals surface area (Å²) in [5.74, 6) is -0.0135. The van der Waals surface area contributed by atoms with Crippen molar-refractivity contribution < 1.29 is 13.7 Å². The quantitative estimate of drug-likeness (QED) is 0.644. The normalized spacial score (nSPS) is 12.8. The first-order valence-electron chi connectivity index (χ1n) is 7.66. The van der Waals surface area contributed by atoms with E-state index in [-0.39, 0.29) is 11.4 Å². The molecule has 0 aliphatic heterocycles. The maximum atomic E-state index is 12.9. The molecule has 3 rings (SSSR count). The zero-order chi connectivity index (χ0) is 18.6. The topological polar surface area (TPSA) is 68.6 Å². The van der Waals surface area contributed by atoms with E-state index in [2.05, 4.69) is 9.35 Å². The SMILES string of the molecule is C[S@](=O)(=NC(=O)c1cccnc1Oc1ccccc1)c1ccc(Cl)cc1. The summed E-state index contributed by atoms with van der Waals surface area (Å²) in [5.41, 5.74) is 0.139. The van der Waals surface area contributed by atoms with Crippen LogP contribution in [0.4, 0.5) is 0 Å². The van der Waals surface area contributed by atoms with Gasteiger partial charge in [-0.1, -0.05) is 29.8 Å². The molecular formula is C19H15ClN2O3S. The predicted octanol–water partition coefficient (Wildman–Crippen LogP) is 4.82. The second kappa shape index (κ2) is 7.68. The van der Waals surface area contributed by atoms with Crippen LogP contribution in [0.25, 0.3) is 0 Å². The molecule has 0 unspecified atom stereocenters. The Balaban J connectivity index is 1.95. The Labute approximate surface area is 156 Å². The van der Waals surface area contributed by atoms with Crippen LogP contribution in [0.15, 0.2) is 82.2 Å². The molecule has 2 aromatic carbocycles. The Morgan fingerprint density at radius 3 is 2.42 bits per heavy atom. The molecule has 0 bridgehead atoms. The van der Waals surface area contributed by atoms with Crippen molar-refractivity contribution in [3.05, 3.63) is 83.5 Å². The molecule has 0 aliphatic carbocycles. The molecule has 0 radical (unpaired) electrons. The Bertz CT molecular complexity index is 1040. The first-order valence-corrected chi connectivity index (χ1v) is 9.96. The Morgan fingerprint density at radius 1 is 1.04 bits per heavy atom. The van der Waals surface area contributed by atoms with Crippen molar-refractivity contribution >= 4 is 27.2 Å². The maximum absolute atomic E-state index is 12.9. The van der Waals surface area contributed by atoms with Crippen molar-refractivity contribution in [2.75, 3.05) is 6.26 Å². The van der Waals surface area contributed by atoms with Gasteiger partial charge in [0.05, 0.1) is 9.73 Å². The van der Waals surface area contributed by atoms with E-state index in [1.807, 2.05) is 18.2 Å². The van der Waals surface area contributed by atoms with E-state index in [1.54, 1.807) is 42.5 Å². The zero-order valence-corrected chi connectivity index (χ0v) is 15.4. The summed E-state index contributed by atoms with van der Waals surface area (Å²) in [4.78, 5) is 17.1. The van der Waals surface area contributed by atoms with Gasteiger partial charge in [-0.2, -0.15) is 4.36 Å². The Kier molecular flexibility index (Phi) is 5.35. The number of carbonyl (C=O) groups excluding carboxylic acids is 1. The summed E-state index contributed by atoms with van der Waals surface area (Å²) >= 11 is 5.85. The Morgan fingerprint density at radius 2 is 1.73 bits per heavy atom. The van der Waals surface area contributed by atoms with Gasteiger partial charge in [-0.25, -0.2) is 9.19 Å². The first kappa shape index (κ1) is 18.1. The first-order chi connectivity index (χ1) is 12.5. The van der Waals surface area contributed by atoms with Crippen LogP contribution in [-0.4, -0.2) is 21.4 Å². The highest BCUT2D eigenvalue weighted by Crippen LogP contribution is 2.24. The van der Waals surface area contributed by atoms with Crippen LogP contribution < -0.4 is 4.74 Å². The van der Waals surface area contributed by atoms with E-state index in [0.29, 0.717) is 15.7 Å². The standard InChI is InChI=1S/C19H15ClN2O3S/c1-26(24,16-11-9-14(20)10-12-16)22-18(23)17-8-5-13-21-19(17)25-15-6-3-2-4-7-15/h2-13H,1H3/t26-/m1/s1. The molecule has 1 atom stereocenters. The average molecular weight is 387 g/mol. The number of ether oxygens (including phenoxy) is 1. The van der Waals surface area contributed by atoms with Crippen LogP contribution in [0.5, 0.6) is 11.6 Å². The fourth-order valence-electron chi connectivity index (χ4n) is 2.18. The summed E-state index contributed by atoms with van der Waals surface area (Å²) in [6.07, 6.45) is 2.92. The van der Waals surface area contributed by atoms with E-state index in [4.69, 9.17) is 16.3 Å². The molecule has 0 fully saturated rings.